The molecule has 3 aliphatic rings. The van der Waals surface area contributed by atoms with E-state index in [1.807, 2.05) is 13.0 Å². The van der Waals surface area contributed by atoms with Crippen molar-refractivity contribution in [2.24, 2.45) is 22.9 Å². The highest BCUT2D eigenvalue weighted by Gasteiger charge is 2.65. The predicted octanol–water partition coefficient (Wildman–Crippen LogP) is 11.0. The topological polar surface area (TPSA) is 167 Å². The highest BCUT2D eigenvalue weighted by atomic mass is 16.7. The number of likely N-dealkylation sites (N-methyl/N-ethyl adjacent to an activating group) is 1. The number of benzene rings is 2. The molecular formula is C52H77N3O11. The van der Waals surface area contributed by atoms with Crippen LogP contribution in [0.2, 0.25) is 0 Å². The van der Waals surface area contributed by atoms with E-state index < -0.39 is 29.9 Å². The zero-order chi connectivity index (χ0) is 47.3. The Bertz CT molecular complexity index is 1900. The Hall–Kier alpha value is -4.79. The molecular weight excluding hydrogens is 843 g/mol. The summed E-state index contributed by atoms with van der Waals surface area (Å²) in [6.45, 7) is 9.05. The van der Waals surface area contributed by atoms with Gasteiger partial charge in [-0.3, -0.25) is 5.32 Å². The number of rotatable bonds is 29. The van der Waals surface area contributed by atoms with E-state index in [4.69, 9.17) is 38.4 Å². The molecule has 2 aliphatic carbocycles. The first-order chi connectivity index (χ1) is 32.2. The monoisotopic (exact) mass is 920 g/mol. The number of carbonyl (C=O) groups excluding carboxylic acids is 2. The summed E-state index contributed by atoms with van der Waals surface area (Å²) in [4.78, 5) is 35.1. The van der Waals surface area contributed by atoms with Crippen molar-refractivity contribution in [2.45, 2.75) is 141 Å². The van der Waals surface area contributed by atoms with Crippen LogP contribution >= 0.6 is 0 Å². The predicted molar refractivity (Wildman–Crippen MR) is 257 cm³/mol. The van der Waals surface area contributed by atoms with E-state index in [0.29, 0.717) is 60.5 Å². The minimum absolute atomic E-state index is 0.00771. The Labute approximate surface area is 393 Å². The lowest BCUT2D eigenvalue weighted by molar-refractivity contribution is -0.253. The third-order valence-corrected chi connectivity index (χ3v) is 13.3. The van der Waals surface area contributed by atoms with Crippen LogP contribution in [-0.2, 0) is 14.3 Å². The number of ether oxygens (including phenoxy) is 6. The first-order valence-corrected chi connectivity index (χ1v) is 24.5. The number of hydrogen-bond acceptors (Lipinski definition) is 12. The third kappa shape index (κ3) is 13.4. The van der Waals surface area contributed by atoms with Crippen molar-refractivity contribution in [3.05, 3.63) is 66.3 Å². The van der Waals surface area contributed by atoms with Crippen LogP contribution in [0.3, 0.4) is 0 Å². The summed E-state index contributed by atoms with van der Waals surface area (Å²) in [5.41, 5.74) is 2.83. The fourth-order valence-corrected chi connectivity index (χ4v) is 10.1. The molecule has 14 nitrogen and oxygen atoms in total. The minimum atomic E-state index is -1.43. The molecule has 0 bridgehead atoms. The molecule has 0 radical (unpaired) electrons. The second-order valence-electron chi connectivity index (χ2n) is 17.7. The number of carbonyl (C=O) groups is 2. The van der Waals surface area contributed by atoms with Gasteiger partial charge in [-0.2, -0.15) is 0 Å². The second-order valence-corrected chi connectivity index (χ2v) is 17.7. The fraction of sp³-hybridized carbons (Fsp3) is 0.635. The fourth-order valence-electron chi connectivity index (χ4n) is 10.1. The van der Waals surface area contributed by atoms with E-state index in [0.717, 1.165) is 56.1 Å². The van der Waals surface area contributed by atoms with Crippen LogP contribution in [0.25, 0.3) is 0 Å². The number of methoxy groups -OCH3 is 2. The van der Waals surface area contributed by atoms with Gasteiger partial charge in [0.2, 0.25) is 5.79 Å². The van der Waals surface area contributed by atoms with Gasteiger partial charge in [-0.25, -0.2) is 9.59 Å². The zero-order valence-electron chi connectivity index (χ0n) is 40.2. The van der Waals surface area contributed by atoms with E-state index >= 15 is 0 Å². The minimum Gasteiger partial charge on any atom is -0.497 e. The van der Waals surface area contributed by atoms with Gasteiger partial charge in [0.15, 0.2) is 0 Å². The molecule has 6 unspecified atom stereocenters. The molecule has 5 rings (SSSR count). The second kappa shape index (κ2) is 27.1. The SMILES string of the molecule is C=CCOC12Oc3ccc(OC(=O)Nc4ccc(OC)cc4OC)cc3C3C(CCCCO)C(CCCCO)C=C(C(=NOCC)CC1N(C)C(=O)OCCCCCCCCCCCC)C32. The number of allylic oxidation sites excluding steroid dienone is 1. The van der Waals surface area contributed by atoms with Gasteiger partial charge in [-0.1, -0.05) is 94.9 Å². The number of nitrogens with zero attached hydrogens (tertiary/aromatic N) is 2. The maximum absolute atomic E-state index is 14.2. The molecule has 2 aromatic rings. The Morgan fingerprint density at radius 2 is 1.59 bits per heavy atom. The van der Waals surface area contributed by atoms with Crippen molar-refractivity contribution < 1.29 is 53.1 Å². The molecule has 0 spiro atoms. The Morgan fingerprint density at radius 3 is 2.26 bits per heavy atom. The summed E-state index contributed by atoms with van der Waals surface area (Å²) in [7, 11) is 4.80. The molecule has 1 fully saturated rings. The van der Waals surface area contributed by atoms with Crippen LogP contribution in [-0.4, -0.2) is 99.1 Å². The summed E-state index contributed by atoms with van der Waals surface area (Å²) in [5, 5.41) is 27.3. The van der Waals surface area contributed by atoms with Gasteiger partial charge in [-0.15, -0.1) is 6.58 Å². The number of amides is 2. The van der Waals surface area contributed by atoms with Crippen molar-refractivity contribution in [2.75, 3.05) is 59.6 Å². The molecule has 2 aromatic carbocycles. The lowest BCUT2D eigenvalue weighted by Crippen LogP contribution is -2.69. The zero-order valence-corrected chi connectivity index (χ0v) is 40.2. The van der Waals surface area contributed by atoms with Gasteiger partial charge in [0, 0.05) is 44.2 Å². The van der Waals surface area contributed by atoms with Crippen LogP contribution < -0.4 is 24.3 Å². The number of aliphatic hydroxyl groups is 2. The summed E-state index contributed by atoms with van der Waals surface area (Å²) >= 11 is 0. The largest absolute Gasteiger partial charge is 0.497 e. The Balaban J connectivity index is 1.52. The summed E-state index contributed by atoms with van der Waals surface area (Å²) in [6.07, 6.45) is 19.2. The molecule has 1 heterocycles. The molecule has 1 saturated carbocycles. The van der Waals surface area contributed by atoms with E-state index in [1.54, 1.807) is 55.5 Å². The summed E-state index contributed by atoms with van der Waals surface area (Å²) in [6, 6.07) is 9.71. The molecule has 6 atom stereocenters. The molecule has 1 aliphatic heterocycles. The van der Waals surface area contributed by atoms with Gasteiger partial charge in [0.25, 0.3) is 0 Å². The van der Waals surface area contributed by atoms with Gasteiger partial charge < -0.3 is 48.4 Å². The first-order valence-electron chi connectivity index (χ1n) is 24.5. The molecule has 3 N–H and O–H groups in total. The van der Waals surface area contributed by atoms with Gasteiger partial charge in [0.1, 0.15) is 35.6 Å². The van der Waals surface area contributed by atoms with E-state index in [-0.39, 0.29) is 44.0 Å². The Morgan fingerprint density at radius 1 is 0.894 bits per heavy atom. The quantitative estimate of drug-likeness (QED) is 0.0404. The first kappa shape index (κ1) is 52.2. The number of fused-ring (bicyclic) bond motifs is 2. The van der Waals surface area contributed by atoms with Crippen molar-refractivity contribution in [3.8, 4) is 23.0 Å². The van der Waals surface area contributed by atoms with Crippen LogP contribution in [0.1, 0.15) is 134 Å². The number of oxime groups is 1. The average Bonchev–Trinajstić information content (AvgIpc) is 3.32. The van der Waals surface area contributed by atoms with Gasteiger partial charge in [-0.05, 0) is 86.8 Å². The smallest absolute Gasteiger partial charge is 0.417 e. The lowest BCUT2D eigenvalue weighted by Gasteiger charge is -2.59. The molecule has 14 heteroatoms. The van der Waals surface area contributed by atoms with Crippen LogP contribution in [0.15, 0.2) is 65.9 Å². The van der Waals surface area contributed by atoms with Crippen molar-refractivity contribution >= 4 is 23.6 Å². The maximum Gasteiger partial charge on any atom is 0.417 e. The van der Waals surface area contributed by atoms with Gasteiger partial charge >= 0.3 is 12.2 Å². The Kier molecular flexibility index (Phi) is 21.4. The maximum atomic E-state index is 14.2. The van der Waals surface area contributed by atoms with Crippen LogP contribution in [0.4, 0.5) is 15.3 Å². The van der Waals surface area contributed by atoms with Crippen LogP contribution in [0.5, 0.6) is 23.0 Å². The van der Waals surface area contributed by atoms with Gasteiger partial charge in [0.05, 0.1) is 44.8 Å². The van der Waals surface area contributed by atoms with E-state index in [2.05, 4.69) is 24.9 Å². The van der Waals surface area contributed by atoms with Crippen LogP contribution in [0, 0.1) is 17.8 Å². The summed E-state index contributed by atoms with van der Waals surface area (Å²) in [5.74, 6) is -0.389. The number of anilines is 1. The normalized spacial score (nSPS) is 22.3. The number of nitrogens with one attached hydrogen (secondary N) is 1. The number of aliphatic hydroxyl groups excluding tert-OH is 2. The number of unbranched alkanes of at least 4 members (excludes halogenated alkanes) is 11. The molecule has 2 amide bonds. The highest BCUT2D eigenvalue weighted by molar-refractivity contribution is 6.03. The van der Waals surface area contributed by atoms with E-state index in [9.17, 15) is 19.8 Å². The third-order valence-electron chi connectivity index (χ3n) is 13.3. The highest BCUT2D eigenvalue weighted by Crippen LogP contribution is 2.62. The molecule has 66 heavy (non-hydrogen) atoms. The standard InChI is InChI=1S/C52H77N3O11/c1-7-10-11-12-13-14-15-16-17-22-32-62-51(59)55(4)47-36-44(54-64-9-3)41-33-37(23-18-20-29-56)40(24-19-21-30-57)48-42-34-39(26-28-45(42)66-52(47,49(41)48)63-31-8-2)65-50(58)53-43-27-25-38(60-5)35-46(43)61-6/h8,25-28,33-35,37,40,47-49,56-57H,2,7,9-24,29-32,36H2,1,3-6H3,(H,53,58). The molecule has 0 saturated heterocycles. The molecule has 366 valence electrons. The van der Waals surface area contributed by atoms with Crippen molar-refractivity contribution in [1.82, 2.24) is 4.90 Å². The van der Waals surface area contributed by atoms with Crippen molar-refractivity contribution in [1.29, 1.82) is 0 Å². The average molecular weight is 920 g/mol. The van der Waals surface area contributed by atoms with Crippen molar-refractivity contribution in [3.63, 3.8) is 0 Å². The lowest BCUT2D eigenvalue weighted by atomic mass is 9.55. The van der Waals surface area contributed by atoms with E-state index in [1.165, 1.54) is 52.1 Å². The molecule has 0 aromatic heterocycles. The number of hydrogen-bond donors (Lipinski definition) is 3. The summed E-state index contributed by atoms with van der Waals surface area (Å²) < 4.78 is 36.9.